The standard InChI is InChI=1S/C9H10BrNO5S2/c10-6-1-2-17-9(6)18(15,16)11-4-5(12)3-7(11)8(13)14/h1-2,5,7,12H,3-4H2,(H,13,14)/t5-,7+/m1/s1. The summed E-state index contributed by atoms with van der Waals surface area (Å²) in [5, 5.41) is 20.1. The number of carboxylic acids is 1. The van der Waals surface area contributed by atoms with E-state index in [1.807, 2.05) is 0 Å². The molecule has 0 saturated carbocycles. The number of aliphatic hydroxyl groups is 1. The number of thiophene rings is 1. The summed E-state index contributed by atoms with van der Waals surface area (Å²) in [5.74, 6) is -1.25. The van der Waals surface area contributed by atoms with E-state index in [-0.39, 0.29) is 17.2 Å². The lowest BCUT2D eigenvalue weighted by molar-refractivity contribution is -0.140. The Morgan fingerprint density at radius 2 is 2.22 bits per heavy atom. The molecule has 0 bridgehead atoms. The number of β-amino-alcohol motifs (C(OH)–C–C–N with tert-alkyl or cyclic N) is 1. The molecule has 1 aliphatic heterocycles. The minimum Gasteiger partial charge on any atom is -0.480 e. The van der Waals surface area contributed by atoms with Crippen molar-refractivity contribution >= 4 is 43.3 Å². The van der Waals surface area contributed by atoms with Gasteiger partial charge in [-0.3, -0.25) is 4.79 Å². The summed E-state index contributed by atoms with van der Waals surface area (Å²) >= 11 is 4.12. The molecule has 0 spiro atoms. The number of rotatable bonds is 3. The molecule has 1 aromatic heterocycles. The molecule has 1 saturated heterocycles. The van der Waals surface area contributed by atoms with Gasteiger partial charge in [0.15, 0.2) is 0 Å². The number of carbonyl (C=O) groups is 1. The minimum absolute atomic E-state index is 0.0582. The normalized spacial score (nSPS) is 25.4. The van der Waals surface area contributed by atoms with Crippen molar-refractivity contribution in [2.45, 2.75) is 22.8 Å². The van der Waals surface area contributed by atoms with Crippen molar-refractivity contribution in [2.24, 2.45) is 0 Å². The molecule has 1 fully saturated rings. The summed E-state index contributed by atoms with van der Waals surface area (Å²) in [6, 6.07) is 0.374. The highest BCUT2D eigenvalue weighted by Crippen LogP contribution is 2.34. The third-order valence-electron chi connectivity index (χ3n) is 2.65. The first-order valence-electron chi connectivity index (χ1n) is 4.99. The Morgan fingerprint density at radius 3 is 2.72 bits per heavy atom. The van der Waals surface area contributed by atoms with E-state index in [1.165, 1.54) is 0 Å². The molecule has 6 nitrogen and oxygen atoms in total. The smallest absolute Gasteiger partial charge is 0.322 e. The lowest BCUT2D eigenvalue weighted by Crippen LogP contribution is -2.40. The highest BCUT2D eigenvalue weighted by molar-refractivity contribution is 9.10. The van der Waals surface area contributed by atoms with Gasteiger partial charge >= 0.3 is 5.97 Å². The summed E-state index contributed by atoms with van der Waals surface area (Å²) in [4.78, 5) is 11.0. The quantitative estimate of drug-likeness (QED) is 0.832. The van der Waals surface area contributed by atoms with Crippen molar-refractivity contribution in [1.29, 1.82) is 0 Å². The van der Waals surface area contributed by atoms with Gasteiger partial charge in [0, 0.05) is 17.4 Å². The van der Waals surface area contributed by atoms with Gasteiger partial charge in [0.05, 0.1) is 6.10 Å². The summed E-state index contributed by atoms with van der Waals surface area (Å²) in [6.45, 7) is -0.191. The van der Waals surface area contributed by atoms with Gasteiger partial charge in [-0.25, -0.2) is 8.42 Å². The number of aliphatic hydroxyl groups excluding tert-OH is 1. The second kappa shape index (κ2) is 4.89. The van der Waals surface area contributed by atoms with Crippen LogP contribution in [0.25, 0.3) is 0 Å². The van der Waals surface area contributed by atoms with Crippen LogP contribution in [-0.2, 0) is 14.8 Å². The van der Waals surface area contributed by atoms with Gasteiger partial charge in [-0.2, -0.15) is 4.31 Å². The van der Waals surface area contributed by atoms with Crippen LogP contribution in [0.5, 0.6) is 0 Å². The van der Waals surface area contributed by atoms with Crippen LogP contribution in [0.4, 0.5) is 0 Å². The fourth-order valence-electron chi connectivity index (χ4n) is 1.84. The SMILES string of the molecule is O=C(O)[C@@H]1C[C@@H](O)CN1S(=O)(=O)c1sccc1Br. The van der Waals surface area contributed by atoms with E-state index in [0.717, 1.165) is 15.6 Å². The van der Waals surface area contributed by atoms with Crippen molar-refractivity contribution in [3.63, 3.8) is 0 Å². The third kappa shape index (κ3) is 2.32. The molecule has 2 N–H and O–H groups in total. The van der Waals surface area contributed by atoms with Crippen molar-refractivity contribution in [3.8, 4) is 0 Å². The number of hydrogen-bond acceptors (Lipinski definition) is 5. The lowest BCUT2D eigenvalue weighted by Gasteiger charge is -2.19. The van der Waals surface area contributed by atoms with Crippen LogP contribution in [0, 0.1) is 0 Å². The van der Waals surface area contributed by atoms with E-state index in [1.54, 1.807) is 11.4 Å². The van der Waals surface area contributed by atoms with Crippen LogP contribution in [0.15, 0.2) is 20.1 Å². The van der Waals surface area contributed by atoms with Crippen molar-refractivity contribution in [2.75, 3.05) is 6.54 Å². The van der Waals surface area contributed by atoms with Crippen LogP contribution in [0.3, 0.4) is 0 Å². The Bertz CT molecular complexity index is 569. The molecule has 0 unspecified atom stereocenters. The van der Waals surface area contributed by atoms with Crippen LogP contribution in [0.2, 0.25) is 0 Å². The van der Waals surface area contributed by atoms with Crippen molar-refractivity contribution in [3.05, 3.63) is 15.9 Å². The molecule has 18 heavy (non-hydrogen) atoms. The Morgan fingerprint density at radius 1 is 1.56 bits per heavy atom. The van der Waals surface area contributed by atoms with E-state index in [0.29, 0.717) is 4.47 Å². The summed E-state index contributed by atoms with van der Waals surface area (Å²) < 4.78 is 25.9. The summed E-state index contributed by atoms with van der Waals surface area (Å²) in [7, 11) is -3.89. The lowest BCUT2D eigenvalue weighted by atomic mass is 10.2. The number of nitrogens with zero attached hydrogens (tertiary/aromatic N) is 1. The van der Waals surface area contributed by atoms with E-state index < -0.39 is 28.1 Å². The number of halogens is 1. The molecule has 0 radical (unpaired) electrons. The van der Waals surface area contributed by atoms with E-state index >= 15 is 0 Å². The first-order chi connectivity index (χ1) is 8.34. The average Bonchev–Trinajstić information content (AvgIpc) is 2.84. The van der Waals surface area contributed by atoms with E-state index in [2.05, 4.69) is 15.9 Å². The van der Waals surface area contributed by atoms with Crippen molar-refractivity contribution < 1.29 is 23.4 Å². The molecule has 0 aromatic carbocycles. The Balaban J connectivity index is 2.41. The monoisotopic (exact) mass is 355 g/mol. The molecular formula is C9H10BrNO5S2. The van der Waals surface area contributed by atoms with E-state index in [4.69, 9.17) is 5.11 Å². The zero-order chi connectivity index (χ0) is 13.5. The zero-order valence-electron chi connectivity index (χ0n) is 8.98. The maximum atomic E-state index is 12.3. The minimum atomic E-state index is -3.89. The number of hydrogen-bond donors (Lipinski definition) is 2. The predicted octanol–water partition coefficient (Wildman–Crippen LogP) is 0.719. The van der Waals surface area contributed by atoms with Gasteiger partial charge in [-0.05, 0) is 27.4 Å². The molecule has 2 rings (SSSR count). The first-order valence-corrected chi connectivity index (χ1v) is 8.11. The molecule has 0 aliphatic carbocycles. The fourth-order valence-corrected chi connectivity index (χ4v) is 5.90. The highest BCUT2D eigenvalue weighted by atomic mass is 79.9. The topological polar surface area (TPSA) is 94.9 Å². The second-order valence-corrected chi connectivity index (χ2v) is 7.73. The van der Waals surface area contributed by atoms with Gasteiger partial charge in [0.1, 0.15) is 10.3 Å². The van der Waals surface area contributed by atoms with Crippen LogP contribution in [-0.4, -0.2) is 47.6 Å². The summed E-state index contributed by atoms with van der Waals surface area (Å²) in [6.07, 6.45) is -1.03. The van der Waals surface area contributed by atoms with Gasteiger partial charge in [-0.15, -0.1) is 11.3 Å². The molecule has 2 heterocycles. The number of carboxylic acid groups (broad SMARTS) is 1. The number of sulfonamides is 1. The Hall–Kier alpha value is -0.480. The Labute approximate surface area is 116 Å². The fraction of sp³-hybridized carbons (Fsp3) is 0.444. The molecule has 1 aliphatic rings. The maximum Gasteiger partial charge on any atom is 0.322 e. The van der Waals surface area contributed by atoms with Crippen molar-refractivity contribution in [1.82, 2.24) is 4.31 Å². The zero-order valence-corrected chi connectivity index (χ0v) is 12.2. The van der Waals surface area contributed by atoms with Crippen LogP contribution >= 0.6 is 27.3 Å². The van der Waals surface area contributed by atoms with E-state index in [9.17, 15) is 18.3 Å². The largest absolute Gasteiger partial charge is 0.480 e. The first kappa shape index (κ1) is 13.9. The third-order valence-corrected chi connectivity index (χ3v) is 7.17. The van der Waals surface area contributed by atoms with Crippen LogP contribution in [0.1, 0.15) is 6.42 Å². The number of aliphatic carboxylic acids is 1. The highest BCUT2D eigenvalue weighted by Gasteiger charge is 2.44. The Kier molecular flexibility index (Phi) is 3.79. The van der Waals surface area contributed by atoms with Gasteiger partial charge < -0.3 is 10.2 Å². The molecule has 100 valence electrons. The molecule has 0 amide bonds. The molecule has 2 atom stereocenters. The molecular weight excluding hydrogens is 346 g/mol. The van der Waals surface area contributed by atoms with Gasteiger partial charge in [0.25, 0.3) is 10.0 Å². The maximum absolute atomic E-state index is 12.3. The molecule has 9 heteroatoms. The van der Waals surface area contributed by atoms with Crippen LogP contribution < -0.4 is 0 Å². The van der Waals surface area contributed by atoms with Gasteiger partial charge in [0.2, 0.25) is 0 Å². The molecule has 1 aromatic rings. The predicted molar refractivity (Wildman–Crippen MR) is 68.0 cm³/mol. The second-order valence-electron chi connectivity index (χ2n) is 3.87. The summed E-state index contributed by atoms with van der Waals surface area (Å²) in [5.41, 5.74) is 0. The van der Waals surface area contributed by atoms with Gasteiger partial charge in [-0.1, -0.05) is 0 Å². The average molecular weight is 356 g/mol.